The highest BCUT2D eigenvalue weighted by Crippen LogP contribution is 2.39. The molecule has 1 aliphatic heterocycles. The predicted molar refractivity (Wildman–Crippen MR) is 67.5 cm³/mol. The van der Waals surface area contributed by atoms with Crippen molar-refractivity contribution in [3.63, 3.8) is 0 Å². The topological polar surface area (TPSA) is 21.3 Å². The van der Waals surface area contributed by atoms with Gasteiger partial charge in [0.25, 0.3) is 0 Å². The quantitative estimate of drug-likeness (QED) is 0.741. The first-order valence-corrected chi connectivity index (χ1v) is 6.88. The smallest absolute Gasteiger partial charge is 0.0729 e. The van der Waals surface area contributed by atoms with Gasteiger partial charge in [-0.05, 0) is 37.0 Å². The Morgan fingerprint density at radius 1 is 1.25 bits per heavy atom. The summed E-state index contributed by atoms with van der Waals surface area (Å²) in [5.74, 6) is 0.848. The molecule has 0 aromatic heterocycles. The molecule has 1 N–H and O–H groups in total. The Labute approximate surface area is 100 Å². The number of hydrogen-bond donors (Lipinski definition) is 1. The molecule has 1 saturated heterocycles. The van der Waals surface area contributed by atoms with Crippen LogP contribution in [0.15, 0.2) is 0 Å². The fraction of sp³-hybridized carbons (Fsp3) is 1.00. The van der Waals surface area contributed by atoms with Crippen LogP contribution in [0.5, 0.6) is 0 Å². The Bertz CT molecular complexity index is 233. The maximum absolute atomic E-state index is 5.98. The third-order valence-corrected chi connectivity index (χ3v) is 4.47. The summed E-state index contributed by atoms with van der Waals surface area (Å²) in [6.07, 6.45) is 5.55. The normalized spacial score (nSPS) is 40.5. The van der Waals surface area contributed by atoms with Gasteiger partial charge in [0.1, 0.15) is 0 Å². The van der Waals surface area contributed by atoms with Gasteiger partial charge in [-0.15, -0.1) is 0 Å². The second kappa shape index (κ2) is 4.66. The summed E-state index contributed by atoms with van der Waals surface area (Å²) in [7, 11) is 0. The molecule has 4 unspecified atom stereocenters. The largest absolute Gasteiger partial charge is 0.375 e. The lowest BCUT2D eigenvalue weighted by Gasteiger charge is -2.46. The minimum absolute atomic E-state index is 0.450. The molecule has 16 heavy (non-hydrogen) atoms. The number of ether oxygens (including phenoxy) is 1. The van der Waals surface area contributed by atoms with Gasteiger partial charge in [-0.3, -0.25) is 0 Å². The molecular formula is C14H27NO. The SMILES string of the molecule is CCC1COC2CCC(C(C)(C)C)CC2N1. The van der Waals surface area contributed by atoms with Crippen molar-refractivity contribution in [3.05, 3.63) is 0 Å². The Hall–Kier alpha value is -0.0800. The van der Waals surface area contributed by atoms with E-state index in [2.05, 4.69) is 33.0 Å². The Morgan fingerprint density at radius 2 is 2.00 bits per heavy atom. The van der Waals surface area contributed by atoms with Gasteiger partial charge in [-0.1, -0.05) is 27.7 Å². The van der Waals surface area contributed by atoms with Gasteiger partial charge < -0.3 is 10.1 Å². The van der Waals surface area contributed by atoms with Crippen LogP contribution in [0.1, 0.15) is 53.4 Å². The number of hydrogen-bond acceptors (Lipinski definition) is 2. The summed E-state index contributed by atoms with van der Waals surface area (Å²) < 4.78 is 5.98. The second-order valence-electron chi connectivity index (χ2n) is 6.63. The van der Waals surface area contributed by atoms with Crippen LogP contribution >= 0.6 is 0 Å². The van der Waals surface area contributed by atoms with Crippen LogP contribution in [0, 0.1) is 11.3 Å². The number of nitrogens with one attached hydrogen (secondary N) is 1. The zero-order valence-electron chi connectivity index (χ0n) is 11.3. The molecule has 94 valence electrons. The van der Waals surface area contributed by atoms with E-state index in [4.69, 9.17) is 4.74 Å². The molecule has 0 radical (unpaired) electrons. The fourth-order valence-corrected chi connectivity index (χ4v) is 3.13. The first kappa shape index (κ1) is 12.4. The summed E-state index contributed by atoms with van der Waals surface area (Å²) in [5.41, 5.74) is 0.450. The minimum Gasteiger partial charge on any atom is -0.375 e. The molecule has 1 saturated carbocycles. The molecule has 0 bridgehead atoms. The molecule has 2 aliphatic rings. The van der Waals surface area contributed by atoms with Crippen LogP contribution in [-0.2, 0) is 4.74 Å². The third kappa shape index (κ3) is 2.60. The van der Waals surface area contributed by atoms with Crippen molar-refractivity contribution in [1.29, 1.82) is 0 Å². The molecule has 0 aromatic carbocycles. The number of rotatable bonds is 1. The summed E-state index contributed by atoms with van der Waals surface area (Å²) in [5, 5.41) is 3.78. The highest BCUT2D eigenvalue weighted by Gasteiger charge is 2.39. The maximum Gasteiger partial charge on any atom is 0.0729 e. The minimum atomic E-state index is 0.450. The van der Waals surface area contributed by atoms with E-state index in [-0.39, 0.29) is 0 Å². The van der Waals surface area contributed by atoms with Gasteiger partial charge in [0.15, 0.2) is 0 Å². The molecule has 1 aliphatic carbocycles. The van der Waals surface area contributed by atoms with Crippen molar-refractivity contribution in [2.75, 3.05) is 6.61 Å². The zero-order chi connectivity index (χ0) is 11.8. The van der Waals surface area contributed by atoms with Gasteiger partial charge in [-0.2, -0.15) is 0 Å². The van der Waals surface area contributed by atoms with Crippen molar-refractivity contribution in [3.8, 4) is 0 Å². The molecule has 0 aromatic rings. The van der Waals surface area contributed by atoms with E-state index in [1.807, 2.05) is 0 Å². The van der Waals surface area contributed by atoms with E-state index in [9.17, 15) is 0 Å². The summed E-state index contributed by atoms with van der Waals surface area (Å²) in [6, 6.07) is 1.19. The summed E-state index contributed by atoms with van der Waals surface area (Å²) in [6.45, 7) is 10.3. The lowest BCUT2D eigenvalue weighted by Crippen LogP contribution is -2.57. The highest BCUT2D eigenvalue weighted by atomic mass is 16.5. The average molecular weight is 225 g/mol. The van der Waals surface area contributed by atoms with E-state index in [0.29, 0.717) is 23.6 Å². The average Bonchev–Trinajstić information content (AvgIpc) is 2.26. The predicted octanol–water partition coefficient (Wildman–Crippen LogP) is 2.97. The van der Waals surface area contributed by atoms with E-state index in [0.717, 1.165) is 12.5 Å². The van der Waals surface area contributed by atoms with Crippen LogP contribution < -0.4 is 5.32 Å². The van der Waals surface area contributed by atoms with Gasteiger partial charge in [-0.25, -0.2) is 0 Å². The molecular weight excluding hydrogens is 198 g/mol. The number of fused-ring (bicyclic) bond motifs is 1. The van der Waals surface area contributed by atoms with Gasteiger partial charge >= 0.3 is 0 Å². The Kier molecular flexibility index (Phi) is 3.60. The van der Waals surface area contributed by atoms with E-state index < -0.39 is 0 Å². The Balaban J connectivity index is 1.96. The van der Waals surface area contributed by atoms with Crippen LogP contribution in [0.25, 0.3) is 0 Å². The molecule has 2 fully saturated rings. The summed E-state index contributed by atoms with van der Waals surface area (Å²) >= 11 is 0. The van der Waals surface area contributed by atoms with Crippen molar-refractivity contribution >= 4 is 0 Å². The zero-order valence-corrected chi connectivity index (χ0v) is 11.3. The monoisotopic (exact) mass is 225 g/mol. The van der Waals surface area contributed by atoms with Gasteiger partial charge in [0, 0.05) is 12.1 Å². The van der Waals surface area contributed by atoms with Crippen molar-refractivity contribution < 1.29 is 4.74 Å². The van der Waals surface area contributed by atoms with Gasteiger partial charge in [0.2, 0.25) is 0 Å². The van der Waals surface area contributed by atoms with Crippen molar-refractivity contribution in [1.82, 2.24) is 5.32 Å². The van der Waals surface area contributed by atoms with E-state index in [1.54, 1.807) is 0 Å². The van der Waals surface area contributed by atoms with Crippen LogP contribution in [0.4, 0.5) is 0 Å². The second-order valence-corrected chi connectivity index (χ2v) is 6.63. The molecule has 0 spiro atoms. The van der Waals surface area contributed by atoms with Crippen LogP contribution in [0.3, 0.4) is 0 Å². The van der Waals surface area contributed by atoms with Crippen LogP contribution in [0.2, 0.25) is 0 Å². The lowest BCUT2D eigenvalue weighted by molar-refractivity contribution is -0.0652. The molecule has 2 heteroatoms. The number of morpholine rings is 1. The molecule has 1 heterocycles. The van der Waals surface area contributed by atoms with Crippen molar-refractivity contribution in [2.24, 2.45) is 11.3 Å². The fourth-order valence-electron chi connectivity index (χ4n) is 3.13. The van der Waals surface area contributed by atoms with Gasteiger partial charge in [0.05, 0.1) is 12.7 Å². The maximum atomic E-state index is 5.98. The molecule has 0 amide bonds. The standard InChI is InChI=1S/C14H27NO/c1-5-11-9-16-13-7-6-10(14(2,3)4)8-12(13)15-11/h10-13,15H,5-9H2,1-4H3. The van der Waals surface area contributed by atoms with E-state index in [1.165, 1.54) is 25.7 Å². The van der Waals surface area contributed by atoms with Crippen molar-refractivity contribution in [2.45, 2.75) is 71.6 Å². The highest BCUT2D eigenvalue weighted by molar-refractivity contribution is 4.93. The first-order chi connectivity index (χ1) is 7.50. The third-order valence-electron chi connectivity index (χ3n) is 4.47. The Morgan fingerprint density at radius 3 is 2.62 bits per heavy atom. The van der Waals surface area contributed by atoms with Crippen LogP contribution in [-0.4, -0.2) is 24.8 Å². The molecule has 2 nitrogen and oxygen atoms in total. The molecule has 4 atom stereocenters. The first-order valence-electron chi connectivity index (χ1n) is 6.88. The molecule has 2 rings (SSSR count). The lowest BCUT2D eigenvalue weighted by atomic mass is 9.70. The van der Waals surface area contributed by atoms with E-state index >= 15 is 0 Å². The summed E-state index contributed by atoms with van der Waals surface area (Å²) in [4.78, 5) is 0.